The molecule has 0 atom stereocenters. The van der Waals surface area contributed by atoms with E-state index in [0.717, 1.165) is 6.92 Å². The van der Waals surface area contributed by atoms with Crippen molar-refractivity contribution in [1.29, 1.82) is 0 Å². The Labute approximate surface area is 134 Å². The van der Waals surface area contributed by atoms with Crippen molar-refractivity contribution in [3.05, 3.63) is 28.2 Å². The molecule has 0 saturated carbocycles. The van der Waals surface area contributed by atoms with Crippen LogP contribution in [0.25, 0.3) is 11.3 Å². The molecule has 0 bridgehead atoms. The van der Waals surface area contributed by atoms with E-state index in [1.807, 2.05) is 5.32 Å². The van der Waals surface area contributed by atoms with Crippen LogP contribution in [0.5, 0.6) is 11.5 Å². The fraction of sp³-hybridized carbons (Fsp3) is 0.0769. The summed E-state index contributed by atoms with van der Waals surface area (Å²) in [5.41, 5.74) is 0.207. The topological polar surface area (TPSA) is 109 Å². The number of nitrogens with one attached hydrogen (secondary N) is 1. The van der Waals surface area contributed by atoms with Gasteiger partial charge in [-0.15, -0.1) is 0 Å². The Morgan fingerprint density at radius 2 is 2.00 bits per heavy atom. The molecule has 3 N–H and O–H groups in total. The summed E-state index contributed by atoms with van der Waals surface area (Å²) in [6, 6.07) is 4.40. The highest BCUT2D eigenvalue weighted by Gasteiger charge is 2.26. The second-order valence-corrected chi connectivity index (χ2v) is 4.93. The summed E-state index contributed by atoms with van der Waals surface area (Å²) in [4.78, 5) is 21.8. The van der Waals surface area contributed by atoms with E-state index < -0.39 is 29.4 Å². The number of aromatic hydroxyl groups is 1. The fourth-order valence-corrected chi connectivity index (χ4v) is 2.05. The zero-order chi connectivity index (χ0) is 16.4. The lowest BCUT2D eigenvalue weighted by Crippen LogP contribution is -2.09. The molecule has 2 aromatic rings. The van der Waals surface area contributed by atoms with Crippen molar-refractivity contribution in [3.8, 4) is 22.8 Å². The average Bonchev–Trinajstić information content (AvgIpc) is 2.69. The SMILES string of the molecule is CC(=O)Oc1c(NC(=O)O)oc(-c2cc(Cl)ccc2Cl)c1O. The van der Waals surface area contributed by atoms with Crippen molar-refractivity contribution in [2.45, 2.75) is 6.92 Å². The monoisotopic (exact) mass is 345 g/mol. The van der Waals surface area contributed by atoms with Crippen molar-refractivity contribution in [2.24, 2.45) is 0 Å². The highest BCUT2D eigenvalue weighted by molar-refractivity contribution is 6.35. The number of furan rings is 1. The second-order valence-electron chi connectivity index (χ2n) is 4.09. The van der Waals surface area contributed by atoms with Crippen LogP contribution in [0.2, 0.25) is 10.0 Å². The Hall–Kier alpha value is -2.38. The first-order chi connectivity index (χ1) is 10.3. The highest BCUT2D eigenvalue weighted by Crippen LogP contribution is 2.48. The van der Waals surface area contributed by atoms with Gasteiger partial charge < -0.3 is 19.4 Å². The molecular formula is C13H9Cl2NO6. The Kier molecular flexibility index (Phi) is 4.48. The molecule has 1 aromatic carbocycles. The van der Waals surface area contributed by atoms with Crippen molar-refractivity contribution in [3.63, 3.8) is 0 Å². The summed E-state index contributed by atoms with van der Waals surface area (Å²) in [6.07, 6.45) is -1.47. The highest BCUT2D eigenvalue weighted by atomic mass is 35.5. The van der Waals surface area contributed by atoms with E-state index in [4.69, 9.17) is 37.5 Å². The molecule has 1 amide bonds. The van der Waals surface area contributed by atoms with E-state index in [-0.39, 0.29) is 16.3 Å². The van der Waals surface area contributed by atoms with Gasteiger partial charge in [-0.25, -0.2) is 4.79 Å². The van der Waals surface area contributed by atoms with Gasteiger partial charge in [0.1, 0.15) is 0 Å². The van der Waals surface area contributed by atoms with Gasteiger partial charge in [0, 0.05) is 17.5 Å². The Bertz CT molecular complexity index is 755. The number of halogens is 2. The molecule has 0 saturated heterocycles. The predicted octanol–water partition coefficient (Wildman–Crippen LogP) is 3.97. The number of benzene rings is 1. The third kappa shape index (κ3) is 3.26. The summed E-state index contributed by atoms with van der Waals surface area (Å²) in [5, 5.41) is 21.3. The van der Waals surface area contributed by atoms with Crippen LogP contribution in [0.15, 0.2) is 22.6 Å². The number of hydrogen-bond acceptors (Lipinski definition) is 5. The molecule has 0 fully saturated rings. The smallest absolute Gasteiger partial charge is 0.411 e. The lowest BCUT2D eigenvalue weighted by molar-refractivity contribution is -0.132. The second kappa shape index (κ2) is 6.17. The summed E-state index contributed by atoms with van der Waals surface area (Å²) in [7, 11) is 0. The Balaban J connectivity index is 2.61. The molecule has 1 heterocycles. The van der Waals surface area contributed by atoms with Gasteiger partial charge in [0.05, 0.1) is 5.02 Å². The summed E-state index contributed by atoms with van der Waals surface area (Å²) in [6.45, 7) is 1.09. The molecule has 0 aliphatic carbocycles. The first kappa shape index (κ1) is 16.0. The molecule has 116 valence electrons. The van der Waals surface area contributed by atoms with Gasteiger partial charge in [-0.05, 0) is 18.2 Å². The van der Waals surface area contributed by atoms with Gasteiger partial charge in [-0.1, -0.05) is 23.2 Å². The number of carboxylic acid groups (broad SMARTS) is 1. The zero-order valence-electron chi connectivity index (χ0n) is 11.0. The molecule has 9 heteroatoms. The van der Waals surface area contributed by atoms with Crippen LogP contribution in [0.3, 0.4) is 0 Å². The summed E-state index contributed by atoms with van der Waals surface area (Å²) >= 11 is 11.9. The van der Waals surface area contributed by atoms with Crippen molar-refractivity contribution >= 4 is 41.1 Å². The van der Waals surface area contributed by atoms with E-state index in [1.165, 1.54) is 18.2 Å². The number of rotatable bonds is 3. The van der Waals surface area contributed by atoms with E-state index in [2.05, 4.69) is 0 Å². The Morgan fingerprint density at radius 3 is 2.59 bits per heavy atom. The fourth-order valence-electron chi connectivity index (χ4n) is 1.68. The maximum atomic E-state index is 11.1. The van der Waals surface area contributed by atoms with Crippen LogP contribution >= 0.6 is 23.2 Å². The maximum Gasteiger partial charge on any atom is 0.411 e. The molecule has 7 nitrogen and oxygen atoms in total. The minimum absolute atomic E-state index is 0.187. The van der Waals surface area contributed by atoms with Gasteiger partial charge in [0.2, 0.25) is 11.5 Å². The largest absolute Gasteiger partial charge is 0.502 e. The standard InChI is InChI=1S/C13H9Cl2NO6/c1-5(17)21-11-9(18)10(22-12(11)16-13(19)20)7-4-6(14)2-3-8(7)15/h2-4,16,18H,1H3,(H,19,20). The van der Waals surface area contributed by atoms with Gasteiger partial charge in [0.15, 0.2) is 5.76 Å². The number of esters is 1. The van der Waals surface area contributed by atoms with E-state index in [0.29, 0.717) is 5.02 Å². The van der Waals surface area contributed by atoms with Crippen molar-refractivity contribution < 1.29 is 29.0 Å². The lowest BCUT2D eigenvalue weighted by Gasteiger charge is -2.02. The normalized spacial score (nSPS) is 10.3. The Morgan fingerprint density at radius 1 is 1.32 bits per heavy atom. The van der Waals surface area contributed by atoms with E-state index in [1.54, 1.807) is 0 Å². The molecule has 0 unspecified atom stereocenters. The predicted molar refractivity (Wildman–Crippen MR) is 78.8 cm³/mol. The van der Waals surface area contributed by atoms with Crippen LogP contribution < -0.4 is 10.1 Å². The van der Waals surface area contributed by atoms with E-state index in [9.17, 15) is 14.7 Å². The van der Waals surface area contributed by atoms with Crippen LogP contribution in [0.1, 0.15) is 6.92 Å². The number of amides is 1. The third-order valence-corrected chi connectivity index (χ3v) is 3.04. The molecule has 0 aliphatic rings. The zero-order valence-corrected chi connectivity index (χ0v) is 12.5. The summed E-state index contributed by atoms with van der Waals surface area (Å²) in [5.74, 6) is -2.45. The van der Waals surface area contributed by atoms with Gasteiger partial charge >= 0.3 is 12.1 Å². The number of anilines is 1. The number of carbonyl (C=O) groups is 2. The number of carbonyl (C=O) groups excluding carboxylic acids is 1. The minimum atomic E-state index is -1.47. The maximum absolute atomic E-state index is 11.1. The van der Waals surface area contributed by atoms with Crippen LogP contribution in [0, 0.1) is 0 Å². The van der Waals surface area contributed by atoms with Crippen LogP contribution in [-0.4, -0.2) is 22.3 Å². The number of hydrogen-bond donors (Lipinski definition) is 3. The number of ether oxygens (including phenoxy) is 1. The van der Waals surface area contributed by atoms with Gasteiger partial charge in [-0.2, -0.15) is 0 Å². The third-order valence-electron chi connectivity index (χ3n) is 2.48. The molecule has 2 rings (SSSR count). The molecule has 1 aromatic heterocycles. The van der Waals surface area contributed by atoms with Crippen molar-refractivity contribution in [2.75, 3.05) is 5.32 Å². The minimum Gasteiger partial charge on any atom is -0.502 e. The van der Waals surface area contributed by atoms with Gasteiger partial charge in [-0.3, -0.25) is 10.1 Å². The van der Waals surface area contributed by atoms with Crippen molar-refractivity contribution in [1.82, 2.24) is 0 Å². The van der Waals surface area contributed by atoms with Crippen LogP contribution in [-0.2, 0) is 4.79 Å². The molecule has 0 spiro atoms. The first-order valence-corrected chi connectivity index (χ1v) is 6.54. The summed E-state index contributed by atoms with van der Waals surface area (Å²) < 4.78 is 9.98. The molecule has 22 heavy (non-hydrogen) atoms. The first-order valence-electron chi connectivity index (χ1n) is 5.79. The van der Waals surface area contributed by atoms with E-state index >= 15 is 0 Å². The average molecular weight is 346 g/mol. The molecule has 0 radical (unpaired) electrons. The molecular weight excluding hydrogens is 337 g/mol. The quantitative estimate of drug-likeness (QED) is 0.726. The van der Waals surface area contributed by atoms with Gasteiger partial charge in [0.25, 0.3) is 5.88 Å². The lowest BCUT2D eigenvalue weighted by atomic mass is 10.1. The van der Waals surface area contributed by atoms with Crippen LogP contribution in [0.4, 0.5) is 10.7 Å². The molecule has 0 aliphatic heterocycles.